The summed E-state index contributed by atoms with van der Waals surface area (Å²) in [5.41, 5.74) is 0. The van der Waals surface area contributed by atoms with Gasteiger partial charge in [-0.25, -0.2) is 0 Å². The second-order valence-corrected chi connectivity index (χ2v) is 3.23. The summed E-state index contributed by atoms with van der Waals surface area (Å²) in [6.45, 7) is 1.67. The summed E-state index contributed by atoms with van der Waals surface area (Å²) in [6, 6.07) is 7.41. The summed E-state index contributed by atoms with van der Waals surface area (Å²) in [5, 5.41) is 0. The van der Waals surface area contributed by atoms with E-state index in [0.29, 0.717) is 6.61 Å². The Morgan fingerprint density at radius 2 is 2.13 bits per heavy atom. The van der Waals surface area contributed by atoms with Gasteiger partial charge in [-0.3, -0.25) is 0 Å². The lowest BCUT2D eigenvalue weighted by molar-refractivity contribution is 0.261. The first kappa shape index (κ1) is 9.88. The summed E-state index contributed by atoms with van der Waals surface area (Å²) in [7, 11) is 0. The van der Waals surface area contributed by atoms with Crippen molar-refractivity contribution >= 4 is 0 Å². The van der Waals surface area contributed by atoms with Gasteiger partial charge in [0.25, 0.3) is 0 Å². The van der Waals surface area contributed by atoms with Gasteiger partial charge in [-0.2, -0.15) is 0 Å². The molecule has 0 N–H and O–H groups in total. The van der Waals surface area contributed by atoms with Crippen molar-refractivity contribution in [3.05, 3.63) is 24.3 Å². The van der Waals surface area contributed by atoms with Gasteiger partial charge in [0, 0.05) is 6.07 Å². The van der Waals surface area contributed by atoms with Gasteiger partial charge in [-0.1, -0.05) is 12.0 Å². The molecule has 1 aromatic carbocycles. The Kier molecular flexibility index (Phi) is 3.11. The highest BCUT2D eigenvalue weighted by Gasteiger charge is 2.22. The number of ether oxygens (including phenoxy) is 3. The van der Waals surface area contributed by atoms with Crippen LogP contribution in [0.4, 0.5) is 0 Å². The van der Waals surface area contributed by atoms with Crippen LogP contribution in [0.25, 0.3) is 0 Å². The van der Waals surface area contributed by atoms with Gasteiger partial charge >= 0.3 is 0 Å². The van der Waals surface area contributed by atoms with E-state index in [9.17, 15) is 0 Å². The van der Waals surface area contributed by atoms with E-state index in [1.54, 1.807) is 0 Å². The molecule has 0 aromatic heterocycles. The first-order chi connectivity index (χ1) is 7.38. The highest BCUT2D eigenvalue weighted by molar-refractivity contribution is 5.33. The van der Waals surface area contributed by atoms with E-state index < -0.39 is 0 Å². The highest BCUT2D eigenvalue weighted by atomic mass is 16.6. The van der Waals surface area contributed by atoms with Crippen LogP contribution in [-0.4, -0.2) is 25.9 Å². The highest BCUT2D eigenvalue weighted by Crippen LogP contribution is 2.20. The van der Waals surface area contributed by atoms with Crippen LogP contribution in [-0.2, 0) is 4.74 Å². The van der Waals surface area contributed by atoms with Gasteiger partial charge < -0.3 is 14.2 Å². The van der Waals surface area contributed by atoms with Gasteiger partial charge in [0.05, 0.1) is 6.61 Å². The van der Waals surface area contributed by atoms with Gasteiger partial charge in [0.1, 0.15) is 30.8 Å². The van der Waals surface area contributed by atoms with E-state index in [-0.39, 0.29) is 12.7 Å². The lowest BCUT2D eigenvalue weighted by Gasteiger charge is -2.06. The van der Waals surface area contributed by atoms with Crippen LogP contribution in [0.1, 0.15) is 0 Å². The maximum Gasteiger partial charge on any atom is 0.148 e. The zero-order chi connectivity index (χ0) is 10.5. The Balaban J connectivity index is 1.89. The van der Waals surface area contributed by atoms with Crippen LogP contribution in [0.5, 0.6) is 11.5 Å². The smallest absolute Gasteiger partial charge is 0.148 e. The molecule has 0 amide bonds. The first-order valence-electron chi connectivity index (χ1n) is 4.79. The van der Waals surface area contributed by atoms with Gasteiger partial charge in [0.2, 0.25) is 0 Å². The number of hydrogen-bond donors (Lipinski definition) is 0. The van der Waals surface area contributed by atoms with E-state index in [0.717, 1.165) is 18.1 Å². The number of terminal acetylenes is 1. The second kappa shape index (κ2) is 4.72. The lowest BCUT2D eigenvalue weighted by Crippen LogP contribution is -2.04. The van der Waals surface area contributed by atoms with E-state index in [1.807, 2.05) is 24.3 Å². The molecule has 0 saturated carbocycles. The fourth-order valence-electron chi connectivity index (χ4n) is 1.13. The second-order valence-electron chi connectivity index (χ2n) is 3.23. The predicted octanol–water partition coefficient (Wildman–Crippen LogP) is 1.48. The SMILES string of the molecule is C#CCOc1cccc(OCC2CO2)c1. The third-order valence-electron chi connectivity index (χ3n) is 1.97. The van der Waals surface area contributed by atoms with Crippen molar-refractivity contribution < 1.29 is 14.2 Å². The molecule has 78 valence electrons. The van der Waals surface area contributed by atoms with Crippen LogP contribution in [0.2, 0.25) is 0 Å². The van der Waals surface area contributed by atoms with Gasteiger partial charge in [0.15, 0.2) is 0 Å². The average molecular weight is 204 g/mol. The molecule has 2 rings (SSSR count). The molecule has 1 unspecified atom stereocenters. The third kappa shape index (κ3) is 3.19. The monoisotopic (exact) mass is 204 g/mol. The van der Waals surface area contributed by atoms with E-state index in [4.69, 9.17) is 20.6 Å². The molecule has 3 nitrogen and oxygen atoms in total. The number of hydrogen-bond acceptors (Lipinski definition) is 3. The molecule has 0 radical (unpaired) electrons. The van der Waals surface area contributed by atoms with Gasteiger partial charge in [-0.05, 0) is 12.1 Å². The summed E-state index contributed by atoms with van der Waals surface area (Å²) in [4.78, 5) is 0. The van der Waals surface area contributed by atoms with Crippen molar-refractivity contribution in [1.29, 1.82) is 0 Å². The Hall–Kier alpha value is -1.66. The van der Waals surface area contributed by atoms with Crippen LogP contribution in [0.3, 0.4) is 0 Å². The maximum atomic E-state index is 5.49. The van der Waals surface area contributed by atoms with Crippen molar-refractivity contribution in [2.45, 2.75) is 6.10 Å². The number of rotatable bonds is 5. The Labute approximate surface area is 89.0 Å². The molecule has 15 heavy (non-hydrogen) atoms. The fraction of sp³-hybridized carbons (Fsp3) is 0.333. The summed E-state index contributed by atoms with van der Waals surface area (Å²) < 4.78 is 15.8. The summed E-state index contributed by atoms with van der Waals surface area (Å²) in [6.07, 6.45) is 5.36. The molecular formula is C12H12O3. The molecule has 3 heteroatoms. The minimum absolute atomic E-state index is 0.264. The van der Waals surface area contributed by atoms with Crippen molar-refractivity contribution in [2.24, 2.45) is 0 Å². The largest absolute Gasteiger partial charge is 0.491 e. The zero-order valence-electron chi connectivity index (χ0n) is 8.31. The van der Waals surface area contributed by atoms with Crippen LogP contribution >= 0.6 is 0 Å². The summed E-state index contributed by atoms with van der Waals surface area (Å²) >= 11 is 0. The van der Waals surface area contributed by atoms with Crippen molar-refractivity contribution in [3.8, 4) is 23.8 Å². The lowest BCUT2D eigenvalue weighted by atomic mass is 10.3. The normalized spacial score (nSPS) is 17.9. The molecular weight excluding hydrogens is 192 g/mol. The molecule has 1 fully saturated rings. The topological polar surface area (TPSA) is 31.0 Å². The molecule has 0 spiro atoms. The number of epoxide rings is 1. The molecule has 1 atom stereocenters. The van der Waals surface area contributed by atoms with Gasteiger partial charge in [-0.15, -0.1) is 6.42 Å². The third-order valence-corrected chi connectivity index (χ3v) is 1.97. The fourth-order valence-corrected chi connectivity index (χ4v) is 1.13. The molecule has 1 heterocycles. The molecule has 1 aromatic rings. The predicted molar refractivity (Wildman–Crippen MR) is 56.0 cm³/mol. The Bertz CT molecular complexity index is 363. The average Bonchev–Trinajstić information content (AvgIpc) is 3.08. The Morgan fingerprint density at radius 1 is 1.40 bits per heavy atom. The minimum Gasteiger partial charge on any atom is -0.491 e. The van der Waals surface area contributed by atoms with Crippen LogP contribution < -0.4 is 9.47 Å². The zero-order valence-corrected chi connectivity index (χ0v) is 8.31. The standard InChI is InChI=1S/C12H12O3/c1-2-6-13-10-4-3-5-11(7-10)14-8-12-9-15-12/h1,3-5,7,12H,6,8-9H2. The quantitative estimate of drug-likeness (QED) is 0.537. The Morgan fingerprint density at radius 3 is 2.80 bits per heavy atom. The van der Waals surface area contributed by atoms with Crippen LogP contribution in [0, 0.1) is 12.3 Å². The molecule has 1 aliphatic rings. The van der Waals surface area contributed by atoms with Crippen molar-refractivity contribution in [2.75, 3.05) is 19.8 Å². The van der Waals surface area contributed by atoms with E-state index >= 15 is 0 Å². The molecule has 1 saturated heterocycles. The minimum atomic E-state index is 0.264. The molecule has 0 bridgehead atoms. The van der Waals surface area contributed by atoms with E-state index in [1.165, 1.54) is 0 Å². The summed E-state index contributed by atoms with van der Waals surface area (Å²) in [5.74, 6) is 3.91. The first-order valence-corrected chi connectivity index (χ1v) is 4.79. The van der Waals surface area contributed by atoms with Crippen molar-refractivity contribution in [3.63, 3.8) is 0 Å². The van der Waals surface area contributed by atoms with Crippen molar-refractivity contribution in [1.82, 2.24) is 0 Å². The molecule has 0 aliphatic carbocycles. The van der Waals surface area contributed by atoms with Crippen LogP contribution in [0.15, 0.2) is 24.3 Å². The maximum absolute atomic E-state index is 5.49. The van der Waals surface area contributed by atoms with E-state index in [2.05, 4.69) is 5.92 Å². The molecule has 1 aliphatic heterocycles. The number of benzene rings is 1.